The van der Waals surface area contributed by atoms with Gasteiger partial charge in [-0.05, 0) is 18.4 Å². The third-order valence-electron chi connectivity index (χ3n) is 1.80. The third-order valence-corrected chi connectivity index (χ3v) is 1.80. The number of aromatic nitrogens is 2. The molecule has 0 aliphatic carbocycles. The van der Waals surface area contributed by atoms with E-state index in [1.165, 1.54) is 0 Å². The Morgan fingerprint density at radius 3 is 2.64 bits per heavy atom. The summed E-state index contributed by atoms with van der Waals surface area (Å²) in [6.45, 7) is 4.86. The Bertz CT molecular complexity index is 259. The molecule has 4 nitrogen and oxygen atoms in total. The standard InChI is InChI=1S/C10H16N2O2/c1-8(2)5-6-14-10-4-3-9(7-13)11-12-10/h3-4,8,13H,5-7H2,1-2H3. The normalized spacial score (nSPS) is 10.6. The van der Waals surface area contributed by atoms with Gasteiger partial charge in [0.05, 0.1) is 18.9 Å². The van der Waals surface area contributed by atoms with Crippen LogP contribution in [0.4, 0.5) is 0 Å². The van der Waals surface area contributed by atoms with E-state index in [4.69, 9.17) is 9.84 Å². The zero-order chi connectivity index (χ0) is 10.4. The summed E-state index contributed by atoms with van der Waals surface area (Å²) >= 11 is 0. The molecule has 1 rings (SSSR count). The Balaban J connectivity index is 2.36. The largest absolute Gasteiger partial charge is 0.477 e. The van der Waals surface area contributed by atoms with Crippen molar-refractivity contribution in [3.8, 4) is 5.88 Å². The van der Waals surface area contributed by atoms with E-state index in [1.54, 1.807) is 12.1 Å². The van der Waals surface area contributed by atoms with Crippen LogP contribution < -0.4 is 4.74 Å². The van der Waals surface area contributed by atoms with E-state index in [1.807, 2.05) is 0 Å². The van der Waals surface area contributed by atoms with Crippen LogP contribution in [0.25, 0.3) is 0 Å². The quantitative estimate of drug-likeness (QED) is 0.773. The summed E-state index contributed by atoms with van der Waals surface area (Å²) in [6.07, 6.45) is 1.00. The van der Waals surface area contributed by atoms with Gasteiger partial charge in [0.25, 0.3) is 0 Å². The smallest absolute Gasteiger partial charge is 0.233 e. The third kappa shape index (κ3) is 3.70. The lowest BCUT2D eigenvalue weighted by molar-refractivity contribution is 0.265. The number of hydrogen-bond acceptors (Lipinski definition) is 4. The van der Waals surface area contributed by atoms with Crippen molar-refractivity contribution < 1.29 is 9.84 Å². The van der Waals surface area contributed by atoms with Crippen molar-refractivity contribution in [1.82, 2.24) is 10.2 Å². The minimum atomic E-state index is -0.0841. The van der Waals surface area contributed by atoms with E-state index in [0.717, 1.165) is 6.42 Å². The Morgan fingerprint density at radius 2 is 2.14 bits per heavy atom. The van der Waals surface area contributed by atoms with Crippen LogP contribution in [-0.4, -0.2) is 21.9 Å². The van der Waals surface area contributed by atoms with E-state index in [9.17, 15) is 0 Å². The predicted molar refractivity (Wildman–Crippen MR) is 52.9 cm³/mol. The second-order valence-corrected chi connectivity index (χ2v) is 3.55. The Morgan fingerprint density at radius 1 is 1.36 bits per heavy atom. The van der Waals surface area contributed by atoms with Crippen LogP contribution in [0.2, 0.25) is 0 Å². The number of nitrogens with zero attached hydrogens (tertiary/aromatic N) is 2. The highest BCUT2D eigenvalue weighted by Crippen LogP contribution is 2.07. The minimum absolute atomic E-state index is 0.0841. The summed E-state index contributed by atoms with van der Waals surface area (Å²) in [6, 6.07) is 3.43. The molecular formula is C10H16N2O2. The maximum atomic E-state index is 8.73. The van der Waals surface area contributed by atoms with Crippen LogP contribution in [0.3, 0.4) is 0 Å². The van der Waals surface area contributed by atoms with Crippen LogP contribution in [0.1, 0.15) is 26.0 Å². The topological polar surface area (TPSA) is 55.2 Å². The first-order valence-corrected chi connectivity index (χ1v) is 4.78. The average Bonchev–Trinajstić information content (AvgIpc) is 2.18. The van der Waals surface area contributed by atoms with Crippen LogP contribution in [0.5, 0.6) is 5.88 Å². The van der Waals surface area contributed by atoms with Crippen LogP contribution in [-0.2, 0) is 6.61 Å². The molecule has 0 aliphatic heterocycles. The summed E-state index contributed by atoms with van der Waals surface area (Å²) < 4.78 is 5.36. The molecule has 0 saturated heterocycles. The van der Waals surface area contributed by atoms with E-state index >= 15 is 0 Å². The van der Waals surface area contributed by atoms with Gasteiger partial charge >= 0.3 is 0 Å². The number of hydrogen-bond donors (Lipinski definition) is 1. The van der Waals surface area contributed by atoms with Crippen molar-refractivity contribution in [1.29, 1.82) is 0 Å². The molecule has 0 bridgehead atoms. The van der Waals surface area contributed by atoms with Gasteiger partial charge in [-0.3, -0.25) is 0 Å². The number of ether oxygens (including phenoxy) is 1. The fraction of sp³-hybridized carbons (Fsp3) is 0.600. The summed E-state index contributed by atoms with van der Waals surface area (Å²) in [7, 11) is 0. The predicted octanol–water partition coefficient (Wildman–Crippen LogP) is 1.39. The van der Waals surface area contributed by atoms with Crippen molar-refractivity contribution >= 4 is 0 Å². The number of rotatable bonds is 5. The molecular weight excluding hydrogens is 180 g/mol. The molecule has 0 radical (unpaired) electrons. The Kier molecular flexibility index (Phi) is 4.32. The van der Waals surface area contributed by atoms with E-state index < -0.39 is 0 Å². The van der Waals surface area contributed by atoms with Gasteiger partial charge < -0.3 is 9.84 Å². The maximum Gasteiger partial charge on any atom is 0.233 e. The van der Waals surface area contributed by atoms with E-state index in [-0.39, 0.29) is 6.61 Å². The molecule has 1 heterocycles. The number of aliphatic hydroxyl groups excluding tert-OH is 1. The Hall–Kier alpha value is -1.16. The van der Waals surface area contributed by atoms with Gasteiger partial charge in [-0.1, -0.05) is 13.8 Å². The van der Waals surface area contributed by atoms with Crippen LogP contribution in [0, 0.1) is 5.92 Å². The highest BCUT2D eigenvalue weighted by molar-refractivity contribution is 5.10. The zero-order valence-electron chi connectivity index (χ0n) is 8.60. The lowest BCUT2D eigenvalue weighted by Gasteiger charge is -2.06. The monoisotopic (exact) mass is 196 g/mol. The van der Waals surface area contributed by atoms with Crippen molar-refractivity contribution in [2.45, 2.75) is 26.9 Å². The van der Waals surface area contributed by atoms with Crippen LogP contribution >= 0.6 is 0 Å². The van der Waals surface area contributed by atoms with Gasteiger partial charge in [-0.25, -0.2) is 0 Å². The first kappa shape index (κ1) is 10.9. The second kappa shape index (κ2) is 5.54. The molecule has 0 atom stereocenters. The zero-order valence-corrected chi connectivity index (χ0v) is 8.60. The highest BCUT2D eigenvalue weighted by atomic mass is 16.5. The molecule has 1 aromatic rings. The second-order valence-electron chi connectivity index (χ2n) is 3.55. The maximum absolute atomic E-state index is 8.73. The SMILES string of the molecule is CC(C)CCOc1ccc(CO)nn1. The fourth-order valence-electron chi connectivity index (χ4n) is 0.908. The molecule has 0 aromatic carbocycles. The summed E-state index contributed by atoms with van der Waals surface area (Å²) in [5.74, 6) is 1.14. The molecule has 78 valence electrons. The molecule has 4 heteroatoms. The van der Waals surface area contributed by atoms with Gasteiger partial charge in [-0.2, -0.15) is 0 Å². The first-order valence-electron chi connectivity index (χ1n) is 4.78. The summed E-state index contributed by atoms with van der Waals surface area (Å²) in [5, 5.41) is 16.3. The van der Waals surface area contributed by atoms with Crippen LogP contribution in [0.15, 0.2) is 12.1 Å². The van der Waals surface area contributed by atoms with E-state index in [2.05, 4.69) is 24.0 Å². The lowest BCUT2D eigenvalue weighted by atomic mass is 10.1. The molecule has 14 heavy (non-hydrogen) atoms. The molecule has 1 aromatic heterocycles. The van der Waals surface area contributed by atoms with Gasteiger partial charge in [0.15, 0.2) is 0 Å². The molecule has 0 fully saturated rings. The van der Waals surface area contributed by atoms with Gasteiger partial charge in [-0.15, -0.1) is 10.2 Å². The molecule has 0 unspecified atom stereocenters. The van der Waals surface area contributed by atoms with Crippen molar-refractivity contribution in [2.24, 2.45) is 5.92 Å². The Labute approximate surface area is 83.9 Å². The van der Waals surface area contributed by atoms with Gasteiger partial charge in [0.1, 0.15) is 0 Å². The molecule has 0 amide bonds. The minimum Gasteiger partial charge on any atom is -0.477 e. The molecule has 0 spiro atoms. The average molecular weight is 196 g/mol. The fourth-order valence-corrected chi connectivity index (χ4v) is 0.908. The van der Waals surface area contributed by atoms with Crippen molar-refractivity contribution in [3.05, 3.63) is 17.8 Å². The molecule has 0 aliphatic rings. The van der Waals surface area contributed by atoms with Gasteiger partial charge in [0.2, 0.25) is 5.88 Å². The lowest BCUT2D eigenvalue weighted by Crippen LogP contribution is -2.03. The first-order chi connectivity index (χ1) is 6.72. The summed E-state index contributed by atoms with van der Waals surface area (Å²) in [5.41, 5.74) is 0.557. The molecule has 1 N–H and O–H groups in total. The van der Waals surface area contributed by atoms with Crippen molar-refractivity contribution in [3.63, 3.8) is 0 Å². The summed E-state index contributed by atoms with van der Waals surface area (Å²) in [4.78, 5) is 0. The van der Waals surface area contributed by atoms with Gasteiger partial charge in [0, 0.05) is 6.07 Å². The van der Waals surface area contributed by atoms with Crippen molar-refractivity contribution in [2.75, 3.05) is 6.61 Å². The highest BCUT2D eigenvalue weighted by Gasteiger charge is 1.98. The molecule has 0 saturated carbocycles. The van der Waals surface area contributed by atoms with E-state index in [0.29, 0.717) is 24.1 Å². The number of aliphatic hydroxyl groups is 1.